The molecule has 0 aromatic carbocycles. The highest BCUT2D eigenvalue weighted by Crippen LogP contribution is 2.71. The topological polar surface area (TPSA) is 83.5 Å². The van der Waals surface area contributed by atoms with E-state index < -0.39 is 33.9 Å². The molecule has 5 nitrogen and oxygen atoms in total. The molecule has 0 heterocycles. The van der Waals surface area contributed by atoms with Crippen molar-refractivity contribution < 1.29 is 30.9 Å². The maximum absolute atomic E-state index is 15.8. The highest BCUT2D eigenvalue weighted by atomic mass is 32.2. The van der Waals surface area contributed by atoms with Gasteiger partial charge < -0.3 is 5.32 Å². The Labute approximate surface area is 208 Å². The van der Waals surface area contributed by atoms with Gasteiger partial charge in [-0.1, -0.05) is 20.8 Å². The van der Waals surface area contributed by atoms with Crippen molar-refractivity contribution in [2.75, 3.05) is 12.3 Å². The van der Waals surface area contributed by atoms with Crippen molar-refractivity contribution in [3.05, 3.63) is 0 Å². The Morgan fingerprint density at radius 2 is 1.74 bits per heavy atom. The Balaban J connectivity index is 1.43. The Morgan fingerprint density at radius 1 is 1.09 bits per heavy atom. The molecule has 0 radical (unpaired) electrons. The van der Waals surface area contributed by atoms with Crippen molar-refractivity contribution in [2.45, 2.75) is 97.1 Å². The van der Waals surface area contributed by atoms with Gasteiger partial charge in [-0.15, -0.1) is 0 Å². The van der Waals surface area contributed by atoms with Gasteiger partial charge in [0.2, 0.25) is 5.91 Å². The molecule has 4 aliphatic carbocycles. The smallest absolute Gasteiger partial charge is 0.266 e. The molecule has 4 aliphatic rings. The number of hydrogen-bond donors (Lipinski definition) is 2. The maximum Gasteiger partial charge on any atom is 0.266 e. The average Bonchev–Trinajstić information content (AvgIpc) is 3.09. The van der Waals surface area contributed by atoms with Gasteiger partial charge in [0, 0.05) is 25.3 Å². The van der Waals surface area contributed by atoms with Crippen LogP contribution in [0.5, 0.6) is 0 Å². The van der Waals surface area contributed by atoms with Crippen LogP contribution in [0.3, 0.4) is 0 Å². The first-order valence-electron chi connectivity index (χ1n) is 13.4. The number of hydrogen-bond acceptors (Lipinski definition) is 3. The van der Waals surface area contributed by atoms with Gasteiger partial charge in [0.15, 0.2) is 0 Å². The van der Waals surface area contributed by atoms with Gasteiger partial charge in [-0.3, -0.25) is 9.35 Å². The standard InChI is InChI=1S/C26H42F3NO4S/c1-16(4-7-22(31)30-12-13-35(32,33)34)19-5-6-20-23-21(9-11-25(19,20)3)24(2)10-8-18(27)14-17(24)15-26(23,28)29/h16-21,23H,4-15H2,1-3H3,(H,30,31)(H,32,33,34). The minimum absolute atomic E-state index is 0.0480. The van der Waals surface area contributed by atoms with E-state index in [0.29, 0.717) is 19.3 Å². The monoisotopic (exact) mass is 521 g/mol. The number of fused-ring (bicyclic) bond motifs is 5. The number of alkyl halides is 3. The SMILES string of the molecule is CC(CCC(=O)NCCS(=O)(=O)O)C1CCC2C3C(CCC12C)C1(C)CCC(F)CC1CC3(F)F. The molecule has 202 valence electrons. The Kier molecular flexibility index (Phi) is 7.37. The number of nitrogens with one attached hydrogen (secondary N) is 1. The van der Waals surface area contributed by atoms with E-state index >= 15 is 8.78 Å². The first-order valence-corrected chi connectivity index (χ1v) is 15.0. The molecular formula is C26H42F3NO4S. The zero-order valence-corrected chi connectivity index (χ0v) is 22.1. The summed E-state index contributed by atoms with van der Waals surface area (Å²) >= 11 is 0. The second-order valence-corrected chi connectivity index (χ2v) is 14.2. The van der Waals surface area contributed by atoms with Crippen LogP contribution >= 0.6 is 0 Å². The molecule has 2 N–H and O–H groups in total. The Hall–Kier alpha value is -0.830. The average molecular weight is 522 g/mol. The van der Waals surface area contributed by atoms with Crippen LogP contribution in [0.4, 0.5) is 13.2 Å². The van der Waals surface area contributed by atoms with Gasteiger partial charge in [-0.05, 0) is 91.8 Å². The summed E-state index contributed by atoms with van der Waals surface area (Å²) in [6, 6.07) is 0. The van der Waals surface area contributed by atoms with Gasteiger partial charge in [-0.2, -0.15) is 8.42 Å². The van der Waals surface area contributed by atoms with Crippen molar-refractivity contribution in [1.82, 2.24) is 5.32 Å². The summed E-state index contributed by atoms with van der Waals surface area (Å²) in [5.74, 6) is -4.05. The molecule has 4 fully saturated rings. The van der Waals surface area contributed by atoms with Crippen molar-refractivity contribution >= 4 is 16.0 Å². The van der Waals surface area contributed by atoms with E-state index in [9.17, 15) is 17.6 Å². The maximum atomic E-state index is 15.8. The van der Waals surface area contributed by atoms with E-state index in [1.807, 2.05) is 0 Å². The van der Waals surface area contributed by atoms with Crippen LogP contribution in [0.1, 0.15) is 85.0 Å². The molecule has 0 bridgehead atoms. The minimum atomic E-state index is -4.11. The van der Waals surface area contributed by atoms with Crippen molar-refractivity contribution in [3.63, 3.8) is 0 Å². The van der Waals surface area contributed by atoms with Gasteiger partial charge in [0.25, 0.3) is 16.0 Å². The molecule has 9 atom stereocenters. The predicted molar refractivity (Wildman–Crippen MR) is 128 cm³/mol. The number of halogens is 3. The second-order valence-electron chi connectivity index (χ2n) is 12.7. The van der Waals surface area contributed by atoms with Crippen LogP contribution in [0.15, 0.2) is 0 Å². The zero-order chi connectivity index (χ0) is 25.8. The third kappa shape index (κ3) is 5.14. The van der Waals surface area contributed by atoms with Crippen molar-refractivity contribution in [2.24, 2.45) is 46.3 Å². The van der Waals surface area contributed by atoms with Gasteiger partial charge in [-0.25, -0.2) is 13.2 Å². The molecule has 4 saturated carbocycles. The van der Waals surface area contributed by atoms with E-state index in [2.05, 4.69) is 26.1 Å². The summed E-state index contributed by atoms with van der Waals surface area (Å²) < 4.78 is 76.1. The summed E-state index contributed by atoms with van der Waals surface area (Å²) in [6.07, 6.45) is 4.59. The Bertz CT molecular complexity index is 914. The van der Waals surface area contributed by atoms with Gasteiger partial charge >= 0.3 is 0 Å². The predicted octanol–water partition coefficient (Wildman–Crippen LogP) is 5.65. The van der Waals surface area contributed by atoms with Crippen LogP contribution in [0.2, 0.25) is 0 Å². The summed E-state index contributed by atoms with van der Waals surface area (Å²) in [5.41, 5.74) is -0.383. The Morgan fingerprint density at radius 3 is 2.43 bits per heavy atom. The van der Waals surface area contributed by atoms with Crippen molar-refractivity contribution in [1.29, 1.82) is 0 Å². The highest BCUT2D eigenvalue weighted by molar-refractivity contribution is 7.85. The third-order valence-corrected chi connectivity index (χ3v) is 11.6. The van der Waals surface area contributed by atoms with E-state index in [4.69, 9.17) is 4.55 Å². The fraction of sp³-hybridized carbons (Fsp3) is 0.962. The summed E-state index contributed by atoms with van der Waals surface area (Å²) in [6.45, 7) is 6.33. The number of rotatable bonds is 7. The van der Waals surface area contributed by atoms with Crippen LogP contribution in [-0.2, 0) is 14.9 Å². The summed E-state index contributed by atoms with van der Waals surface area (Å²) in [7, 11) is -4.11. The molecule has 35 heavy (non-hydrogen) atoms. The number of carbonyl (C=O) groups excluding carboxylic acids is 1. The van der Waals surface area contributed by atoms with Crippen LogP contribution < -0.4 is 5.32 Å². The van der Waals surface area contributed by atoms with Crippen LogP contribution in [0, 0.1) is 46.3 Å². The fourth-order valence-electron chi connectivity index (χ4n) is 9.05. The van der Waals surface area contributed by atoms with E-state index in [-0.39, 0.29) is 72.1 Å². The molecule has 4 rings (SSSR count). The summed E-state index contributed by atoms with van der Waals surface area (Å²) in [4.78, 5) is 12.2. The summed E-state index contributed by atoms with van der Waals surface area (Å²) in [5, 5.41) is 2.53. The lowest BCUT2D eigenvalue weighted by Gasteiger charge is -2.62. The molecule has 0 spiro atoms. The quantitative estimate of drug-likeness (QED) is 0.424. The largest absolute Gasteiger partial charge is 0.355 e. The molecule has 9 unspecified atom stereocenters. The zero-order valence-electron chi connectivity index (χ0n) is 21.2. The molecular weight excluding hydrogens is 479 g/mol. The lowest BCUT2D eigenvalue weighted by Crippen LogP contribution is -2.60. The molecule has 9 heteroatoms. The lowest BCUT2D eigenvalue weighted by molar-refractivity contribution is -0.236. The minimum Gasteiger partial charge on any atom is -0.355 e. The second kappa shape index (κ2) is 9.48. The van der Waals surface area contributed by atoms with Gasteiger partial charge in [0.1, 0.15) is 6.17 Å². The number of carbonyl (C=O) groups is 1. The molecule has 0 aromatic rings. The third-order valence-electron chi connectivity index (χ3n) is 10.9. The molecule has 0 aliphatic heterocycles. The molecule has 1 amide bonds. The molecule has 0 aromatic heterocycles. The highest BCUT2D eigenvalue weighted by Gasteiger charge is 2.68. The van der Waals surface area contributed by atoms with Crippen LogP contribution in [-0.4, -0.2) is 43.3 Å². The van der Waals surface area contributed by atoms with Crippen LogP contribution in [0.25, 0.3) is 0 Å². The lowest BCUT2D eigenvalue weighted by atomic mass is 9.43. The van der Waals surface area contributed by atoms with E-state index in [1.54, 1.807) is 0 Å². The first kappa shape index (κ1) is 27.2. The molecule has 0 saturated heterocycles. The van der Waals surface area contributed by atoms with Crippen molar-refractivity contribution in [3.8, 4) is 0 Å². The van der Waals surface area contributed by atoms with E-state index in [1.165, 1.54) is 0 Å². The first-order chi connectivity index (χ1) is 16.2. The van der Waals surface area contributed by atoms with Gasteiger partial charge in [0.05, 0.1) is 5.75 Å². The van der Waals surface area contributed by atoms with E-state index in [0.717, 1.165) is 25.7 Å². The normalized spacial score (nSPS) is 43.5. The number of amides is 1. The fourth-order valence-corrected chi connectivity index (χ4v) is 9.41.